The maximum absolute atomic E-state index is 12.9. The number of carbonyl (C=O) groups is 2. The van der Waals surface area contributed by atoms with Crippen molar-refractivity contribution in [2.45, 2.75) is 6.42 Å². The van der Waals surface area contributed by atoms with E-state index in [9.17, 15) is 14.0 Å². The van der Waals surface area contributed by atoms with E-state index in [0.717, 1.165) is 0 Å². The molecule has 0 bridgehead atoms. The van der Waals surface area contributed by atoms with Gasteiger partial charge in [-0.3, -0.25) is 9.59 Å². The summed E-state index contributed by atoms with van der Waals surface area (Å²) in [5.41, 5.74) is 6.45. The lowest BCUT2D eigenvalue weighted by Crippen LogP contribution is -2.19. The number of benzene rings is 2. The number of carbonyl (C=O) groups excluding carboxylic acids is 2. The van der Waals surface area contributed by atoms with Crippen LogP contribution in [0.3, 0.4) is 0 Å². The number of ether oxygens (including phenoxy) is 1. The lowest BCUT2D eigenvalue weighted by molar-refractivity contribution is -0.116. The van der Waals surface area contributed by atoms with E-state index in [1.165, 1.54) is 31.4 Å². The van der Waals surface area contributed by atoms with Crippen LogP contribution in [0.2, 0.25) is 0 Å². The molecular formula is C17H18FN3O3. The summed E-state index contributed by atoms with van der Waals surface area (Å²) in [7, 11) is 1.50. The van der Waals surface area contributed by atoms with Gasteiger partial charge >= 0.3 is 0 Å². The van der Waals surface area contributed by atoms with E-state index in [4.69, 9.17) is 10.5 Å². The summed E-state index contributed by atoms with van der Waals surface area (Å²) in [5, 5.41) is 5.36. The molecule has 0 aromatic heterocycles. The number of methoxy groups -OCH3 is 1. The maximum Gasteiger partial charge on any atom is 0.255 e. The second kappa shape index (κ2) is 8.07. The van der Waals surface area contributed by atoms with Gasteiger partial charge in [0.25, 0.3) is 5.91 Å². The molecule has 24 heavy (non-hydrogen) atoms. The van der Waals surface area contributed by atoms with E-state index in [0.29, 0.717) is 22.7 Å². The van der Waals surface area contributed by atoms with Crippen molar-refractivity contribution < 1.29 is 18.7 Å². The average molecular weight is 331 g/mol. The molecule has 0 saturated heterocycles. The fourth-order valence-electron chi connectivity index (χ4n) is 2.00. The minimum Gasteiger partial charge on any atom is -0.497 e. The topological polar surface area (TPSA) is 93.5 Å². The summed E-state index contributed by atoms with van der Waals surface area (Å²) in [5.74, 6) is -0.596. The zero-order valence-corrected chi connectivity index (χ0v) is 13.1. The molecule has 7 heteroatoms. The van der Waals surface area contributed by atoms with Crippen LogP contribution in [0.25, 0.3) is 0 Å². The molecule has 0 saturated carbocycles. The normalized spacial score (nSPS) is 10.1. The molecule has 0 heterocycles. The Morgan fingerprint density at radius 2 is 1.79 bits per heavy atom. The predicted molar refractivity (Wildman–Crippen MR) is 89.6 cm³/mol. The summed E-state index contributed by atoms with van der Waals surface area (Å²) in [6.45, 7) is 0.215. The molecule has 0 atom stereocenters. The highest BCUT2D eigenvalue weighted by atomic mass is 19.1. The highest BCUT2D eigenvalue weighted by molar-refractivity contribution is 6.07. The van der Waals surface area contributed by atoms with Crippen LogP contribution in [-0.4, -0.2) is 25.5 Å². The Balaban J connectivity index is 2.23. The van der Waals surface area contributed by atoms with Gasteiger partial charge in [-0.25, -0.2) is 4.39 Å². The van der Waals surface area contributed by atoms with Gasteiger partial charge in [0.15, 0.2) is 0 Å². The molecule has 0 spiro atoms. The second-order valence-electron chi connectivity index (χ2n) is 4.96. The Hall–Kier alpha value is -2.93. The molecule has 0 fully saturated rings. The summed E-state index contributed by atoms with van der Waals surface area (Å²) < 4.78 is 18.1. The van der Waals surface area contributed by atoms with Gasteiger partial charge < -0.3 is 21.1 Å². The standard InChI is InChI=1S/C17H18FN3O3/c1-24-13-6-7-14(15(10-13)20-16(22)8-9-19)21-17(23)11-2-4-12(18)5-3-11/h2-7,10H,8-9,19H2,1H3,(H,20,22)(H,21,23). The van der Waals surface area contributed by atoms with Crippen LogP contribution < -0.4 is 21.1 Å². The minimum atomic E-state index is -0.425. The SMILES string of the molecule is COc1ccc(NC(=O)c2ccc(F)cc2)c(NC(=O)CCN)c1. The Kier molecular flexibility index (Phi) is 5.86. The van der Waals surface area contributed by atoms with Gasteiger partial charge in [0, 0.05) is 24.6 Å². The van der Waals surface area contributed by atoms with Crippen molar-refractivity contribution >= 4 is 23.2 Å². The number of halogens is 1. The van der Waals surface area contributed by atoms with E-state index in [2.05, 4.69) is 10.6 Å². The first kappa shape index (κ1) is 17.4. The third-order valence-electron chi connectivity index (χ3n) is 3.23. The molecule has 2 aromatic carbocycles. The summed E-state index contributed by atoms with van der Waals surface area (Å²) >= 11 is 0. The summed E-state index contributed by atoms with van der Waals surface area (Å²) in [4.78, 5) is 24.0. The van der Waals surface area contributed by atoms with E-state index in [1.54, 1.807) is 18.2 Å². The van der Waals surface area contributed by atoms with E-state index in [1.807, 2.05) is 0 Å². The molecule has 0 aliphatic heterocycles. The number of nitrogens with one attached hydrogen (secondary N) is 2. The van der Waals surface area contributed by atoms with Gasteiger partial charge in [-0.2, -0.15) is 0 Å². The Labute approximate surface area is 138 Å². The molecule has 2 amide bonds. The Morgan fingerprint density at radius 3 is 2.42 bits per heavy atom. The fraction of sp³-hybridized carbons (Fsp3) is 0.176. The lowest BCUT2D eigenvalue weighted by atomic mass is 10.2. The molecule has 6 nitrogen and oxygen atoms in total. The van der Waals surface area contributed by atoms with E-state index >= 15 is 0 Å². The number of rotatable bonds is 6. The molecule has 2 aromatic rings. The van der Waals surface area contributed by atoms with Crippen molar-refractivity contribution in [3.05, 3.63) is 53.8 Å². The van der Waals surface area contributed by atoms with Crippen molar-refractivity contribution in [2.75, 3.05) is 24.3 Å². The van der Waals surface area contributed by atoms with Gasteiger partial charge in [-0.1, -0.05) is 0 Å². The monoisotopic (exact) mass is 331 g/mol. The minimum absolute atomic E-state index is 0.155. The summed E-state index contributed by atoms with van der Waals surface area (Å²) in [6.07, 6.45) is 0.155. The molecule has 0 aliphatic carbocycles. The molecular weight excluding hydrogens is 313 g/mol. The van der Waals surface area contributed by atoms with Crippen molar-refractivity contribution in [1.82, 2.24) is 0 Å². The molecule has 0 radical (unpaired) electrons. The number of anilines is 2. The van der Waals surface area contributed by atoms with Crippen LogP contribution in [0.5, 0.6) is 5.75 Å². The Morgan fingerprint density at radius 1 is 1.08 bits per heavy atom. The average Bonchev–Trinajstić information content (AvgIpc) is 2.57. The van der Waals surface area contributed by atoms with Crippen molar-refractivity contribution in [3.63, 3.8) is 0 Å². The van der Waals surface area contributed by atoms with Gasteiger partial charge in [-0.05, 0) is 36.4 Å². The van der Waals surface area contributed by atoms with E-state index < -0.39 is 11.7 Å². The van der Waals surface area contributed by atoms with E-state index in [-0.39, 0.29) is 18.9 Å². The van der Waals surface area contributed by atoms with Gasteiger partial charge in [-0.15, -0.1) is 0 Å². The van der Waals surface area contributed by atoms with Crippen LogP contribution in [0.1, 0.15) is 16.8 Å². The summed E-state index contributed by atoms with van der Waals surface area (Å²) in [6, 6.07) is 10.0. The first-order valence-electron chi connectivity index (χ1n) is 7.28. The maximum atomic E-state index is 12.9. The smallest absolute Gasteiger partial charge is 0.255 e. The zero-order chi connectivity index (χ0) is 17.5. The van der Waals surface area contributed by atoms with Crippen LogP contribution >= 0.6 is 0 Å². The third-order valence-corrected chi connectivity index (χ3v) is 3.23. The van der Waals surface area contributed by atoms with Gasteiger partial charge in [0.05, 0.1) is 18.5 Å². The predicted octanol–water partition coefficient (Wildman–Crippen LogP) is 2.37. The first-order chi connectivity index (χ1) is 11.5. The molecule has 0 aliphatic rings. The second-order valence-corrected chi connectivity index (χ2v) is 4.96. The third kappa shape index (κ3) is 4.53. The highest BCUT2D eigenvalue weighted by Gasteiger charge is 2.12. The largest absolute Gasteiger partial charge is 0.497 e. The molecule has 2 rings (SSSR count). The highest BCUT2D eigenvalue weighted by Crippen LogP contribution is 2.27. The number of hydrogen-bond donors (Lipinski definition) is 3. The number of hydrogen-bond acceptors (Lipinski definition) is 4. The fourth-order valence-corrected chi connectivity index (χ4v) is 2.00. The number of nitrogens with two attached hydrogens (primary N) is 1. The first-order valence-corrected chi connectivity index (χ1v) is 7.28. The van der Waals surface area contributed by atoms with Crippen molar-refractivity contribution in [3.8, 4) is 5.75 Å². The van der Waals surface area contributed by atoms with Gasteiger partial charge in [0.2, 0.25) is 5.91 Å². The van der Waals surface area contributed by atoms with Crippen LogP contribution in [-0.2, 0) is 4.79 Å². The molecule has 126 valence electrons. The van der Waals surface area contributed by atoms with Crippen LogP contribution in [0.4, 0.5) is 15.8 Å². The number of amides is 2. The van der Waals surface area contributed by atoms with Crippen LogP contribution in [0.15, 0.2) is 42.5 Å². The zero-order valence-electron chi connectivity index (χ0n) is 13.1. The van der Waals surface area contributed by atoms with Crippen molar-refractivity contribution in [1.29, 1.82) is 0 Å². The Bertz CT molecular complexity index is 732. The van der Waals surface area contributed by atoms with Crippen LogP contribution in [0, 0.1) is 5.82 Å². The molecule has 4 N–H and O–H groups in total. The lowest BCUT2D eigenvalue weighted by Gasteiger charge is -2.14. The molecule has 0 unspecified atom stereocenters. The van der Waals surface area contributed by atoms with Gasteiger partial charge in [0.1, 0.15) is 11.6 Å². The quantitative estimate of drug-likeness (QED) is 0.757. The van der Waals surface area contributed by atoms with Crippen molar-refractivity contribution in [2.24, 2.45) is 5.73 Å².